The topological polar surface area (TPSA) is 37.3 Å². The minimum absolute atomic E-state index is 0.445. The number of hydrogen-bond donors (Lipinski definition) is 1. The Bertz CT molecular complexity index is 735. The molecule has 3 heteroatoms. The van der Waals surface area contributed by atoms with E-state index in [1.807, 2.05) is 54.6 Å². The van der Waals surface area contributed by atoms with Crippen molar-refractivity contribution in [3.63, 3.8) is 0 Å². The summed E-state index contributed by atoms with van der Waals surface area (Å²) in [6, 6.07) is 30.6. The number of benzene rings is 3. The van der Waals surface area contributed by atoms with Gasteiger partial charge < -0.3 is 5.11 Å². The van der Waals surface area contributed by atoms with Gasteiger partial charge in [-0.05, 0) is 42.8 Å². The maximum atomic E-state index is 12.5. The van der Waals surface area contributed by atoms with E-state index in [9.17, 15) is 9.90 Å². The second-order valence-corrected chi connectivity index (χ2v) is 9.99. The third kappa shape index (κ3) is 3.30. The van der Waals surface area contributed by atoms with Crippen LogP contribution in [0.2, 0.25) is 0 Å². The summed E-state index contributed by atoms with van der Waals surface area (Å²) < 4.78 is 0. The highest BCUT2D eigenvalue weighted by molar-refractivity contribution is 7.96. The summed E-state index contributed by atoms with van der Waals surface area (Å²) in [6.07, 6.45) is 1.49. The molecule has 0 amide bonds. The van der Waals surface area contributed by atoms with Crippen molar-refractivity contribution in [2.24, 2.45) is 0 Å². The minimum Gasteiger partial charge on any atom is -0.478 e. The summed E-state index contributed by atoms with van der Waals surface area (Å²) in [6.45, 7) is 2.06. The standard InChI is InChI=1S/C23H23O2P/c1-2-12-22(23(24)25)26(19-13-6-3-7-14-19,20-15-8-4-9-16-20)21-17-10-5-11-18-21/h3-11,13-18,22H,2,12H2,1H3/p+1. The van der Waals surface area contributed by atoms with Gasteiger partial charge in [0.15, 0.2) is 5.66 Å². The molecule has 1 N–H and O–H groups in total. The molecule has 0 fully saturated rings. The van der Waals surface area contributed by atoms with Gasteiger partial charge in [0.1, 0.15) is 23.2 Å². The van der Waals surface area contributed by atoms with E-state index in [4.69, 9.17) is 0 Å². The van der Waals surface area contributed by atoms with Crippen LogP contribution in [-0.4, -0.2) is 16.7 Å². The average molecular weight is 363 g/mol. The number of rotatable bonds is 7. The summed E-state index contributed by atoms with van der Waals surface area (Å²) in [4.78, 5) is 12.5. The van der Waals surface area contributed by atoms with E-state index in [0.29, 0.717) is 6.42 Å². The third-order valence-electron chi connectivity index (χ3n) is 4.81. The number of aliphatic carboxylic acids is 1. The zero-order chi connectivity index (χ0) is 18.4. The minimum atomic E-state index is -2.34. The number of carboxylic acids is 1. The van der Waals surface area contributed by atoms with Crippen LogP contribution in [0, 0.1) is 0 Å². The predicted octanol–water partition coefficient (Wildman–Crippen LogP) is 4.23. The van der Waals surface area contributed by atoms with Crippen molar-refractivity contribution in [3.8, 4) is 0 Å². The molecule has 2 nitrogen and oxygen atoms in total. The second-order valence-electron chi connectivity index (χ2n) is 6.37. The van der Waals surface area contributed by atoms with Gasteiger partial charge in [0, 0.05) is 0 Å². The lowest BCUT2D eigenvalue weighted by atomic mass is 10.2. The van der Waals surface area contributed by atoms with Crippen molar-refractivity contribution in [3.05, 3.63) is 91.0 Å². The summed E-state index contributed by atoms with van der Waals surface area (Å²) in [5, 5.41) is 13.6. The van der Waals surface area contributed by atoms with Gasteiger partial charge in [-0.25, -0.2) is 4.79 Å². The molecule has 0 aliphatic carbocycles. The van der Waals surface area contributed by atoms with Crippen molar-refractivity contribution in [2.75, 3.05) is 0 Å². The Morgan fingerprint density at radius 3 is 1.38 bits per heavy atom. The second kappa shape index (κ2) is 8.29. The molecule has 3 aromatic carbocycles. The molecule has 1 atom stereocenters. The van der Waals surface area contributed by atoms with Gasteiger partial charge in [-0.2, -0.15) is 0 Å². The van der Waals surface area contributed by atoms with Crippen LogP contribution in [0.25, 0.3) is 0 Å². The Morgan fingerprint density at radius 1 is 0.769 bits per heavy atom. The van der Waals surface area contributed by atoms with Crippen molar-refractivity contribution in [1.82, 2.24) is 0 Å². The summed E-state index contributed by atoms with van der Waals surface area (Å²) >= 11 is 0. The molecule has 0 aliphatic heterocycles. The van der Waals surface area contributed by atoms with Crippen LogP contribution in [0.3, 0.4) is 0 Å². The molecular formula is C23H24O2P+. The van der Waals surface area contributed by atoms with E-state index >= 15 is 0 Å². The Morgan fingerprint density at radius 2 is 1.12 bits per heavy atom. The summed E-state index contributed by atoms with van der Waals surface area (Å²) in [5.74, 6) is -0.711. The molecule has 0 aromatic heterocycles. The van der Waals surface area contributed by atoms with Crippen molar-refractivity contribution in [2.45, 2.75) is 25.4 Å². The molecule has 0 spiro atoms. The lowest BCUT2D eigenvalue weighted by molar-refractivity contribution is -0.136. The molecule has 26 heavy (non-hydrogen) atoms. The number of carboxylic acid groups (broad SMARTS) is 1. The van der Waals surface area contributed by atoms with Crippen LogP contribution in [0.15, 0.2) is 91.0 Å². The Labute approximate surface area is 155 Å². The maximum absolute atomic E-state index is 12.5. The average Bonchev–Trinajstić information content (AvgIpc) is 2.70. The first-order chi connectivity index (χ1) is 12.7. The molecule has 132 valence electrons. The Balaban J connectivity index is 2.40. The van der Waals surface area contributed by atoms with Gasteiger partial charge in [0.2, 0.25) is 0 Å². The van der Waals surface area contributed by atoms with Crippen LogP contribution in [0.5, 0.6) is 0 Å². The van der Waals surface area contributed by atoms with E-state index in [1.54, 1.807) is 0 Å². The Kier molecular flexibility index (Phi) is 5.85. The molecule has 0 saturated heterocycles. The quantitative estimate of drug-likeness (QED) is 0.638. The van der Waals surface area contributed by atoms with Crippen LogP contribution < -0.4 is 15.9 Å². The molecule has 0 heterocycles. The third-order valence-corrected chi connectivity index (χ3v) is 9.56. The highest BCUT2D eigenvalue weighted by atomic mass is 31.2. The zero-order valence-electron chi connectivity index (χ0n) is 15.0. The molecule has 1 unspecified atom stereocenters. The maximum Gasteiger partial charge on any atom is 0.345 e. The van der Waals surface area contributed by atoms with E-state index in [0.717, 1.165) is 22.3 Å². The van der Waals surface area contributed by atoms with Gasteiger partial charge in [-0.1, -0.05) is 67.9 Å². The molecule has 0 radical (unpaired) electrons. The normalized spacial score (nSPS) is 12.5. The van der Waals surface area contributed by atoms with Crippen LogP contribution in [0.1, 0.15) is 19.8 Å². The summed E-state index contributed by atoms with van der Waals surface area (Å²) in [5.41, 5.74) is -0.445. The highest BCUT2D eigenvalue weighted by Gasteiger charge is 2.55. The van der Waals surface area contributed by atoms with Crippen LogP contribution in [0.4, 0.5) is 0 Å². The van der Waals surface area contributed by atoms with E-state index in [1.165, 1.54) is 0 Å². The number of carbonyl (C=O) groups is 1. The first kappa shape index (κ1) is 18.4. The van der Waals surface area contributed by atoms with Crippen LogP contribution >= 0.6 is 7.26 Å². The summed E-state index contributed by atoms with van der Waals surface area (Å²) in [7, 11) is -2.34. The fraction of sp³-hybridized carbons (Fsp3) is 0.174. The van der Waals surface area contributed by atoms with Crippen molar-refractivity contribution >= 4 is 29.1 Å². The SMILES string of the molecule is CCCC(C(=O)O)[P+](c1ccccc1)(c1ccccc1)c1ccccc1. The molecular weight excluding hydrogens is 339 g/mol. The lowest BCUT2D eigenvalue weighted by Gasteiger charge is -2.32. The molecule has 0 aliphatic rings. The van der Waals surface area contributed by atoms with Gasteiger partial charge in [0.05, 0.1) is 0 Å². The van der Waals surface area contributed by atoms with Gasteiger partial charge in [0.25, 0.3) is 0 Å². The molecule has 0 bridgehead atoms. The van der Waals surface area contributed by atoms with Gasteiger partial charge in [-0.3, -0.25) is 0 Å². The lowest BCUT2D eigenvalue weighted by Crippen LogP contribution is -2.42. The smallest absolute Gasteiger partial charge is 0.345 e. The van der Waals surface area contributed by atoms with Crippen molar-refractivity contribution < 1.29 is 9.90 Å². The fourth-order valence-corrected chi connectivity index (χ4v) is 8.61. The predicted molar refractivity (Wildman–Crippen MR) is 111 cm³/mol. The first-order valence-corrected chi connectivity index (χ1v) is 10.9. The largest absolute Gasteiger partial charge is 0.478 e. The van der Waals surface area contributed by atoms with Gasteiger partial charge >= 0.3 is 5.97 Å². The molecule has 3 rings (SSSR count). The number of hydrogen-bond acceptors (Lipinski definition) is 1. The fourth-order valence-electron chi connectivity index (χ4n) is 3.73. The van der Waals surface area contributed by atoms with E-state index < -0.39 is 18.9 Å². The van der Waals surface area contributed by atoms with E-state index in [-0.39, 0.29) is 0 Å². The van der Waals surface area contributed by atoms with Crippen LogP contribution in [-0.2, 0) is 4.79 Å². The molecule has 0 saturated carbocycles. The molecule has 3 aromatic rings. The van der Waals surface area contributed by atoms with Crippen molar-refractivity contribution in [1.29, 1.82) is 0 Å². The monoisotopic (exact) mass is 363 g/mol. The van der Waals surface area contributed by atoms with E-state index in [2.05, 4.69) is 43.3 Å². The highest BCUT2D eigenvalue weighted by Crippen LogP contribution is 2.61. The Hall–Kier alpha value is -2.44. The van der Waals surface area contributed by atoms with Gasteiger partial charge in [-0.15, -0.1) is 0 Å². The zero-order valence-corrected chi connectivity index (χ0v) is 15.8. The first-order valence-electron chi connectivity index (χ1n) is 8.99.